The van der Waals surface area contributed by atoms with Gasteiger partial charge in [0.15, 0.2) is 0 Å². The van der Waals surface area contributed by atoms with Crippen LogP contribution in [0, 0.1) is 0 Å². The Balaban J connectivity index is 1.89. The van der Waals surface area contributed by atoms with E-state index in [1.165, 1.54) is 24.3 Å². The molecule has 0 bridgehead atoms. The summed E-state index contributed by atoms with van der Waals surface area (Å²) in [5, 5.41) is 0.498. The van der Waals surface area contributed by atoms with Gasteiger partial charge in [-0.05, 0) is 30.0 Å². The summed E-state index contributed by atoms with van der Waals surface area (Å²) >= 11 is 3.46. The van der Waals surface area contributed by atoms with E-state index in [0.717, 1.165) is 11.3 Å². The molecule has 1 saturated heterocycles. The molecule has 1 aromatic rings. The molecule has 0 amide bonds. The molecule has 1 heterocycles. The Labute approximate surface area is 140 Å². The number of ether oxygens (including phenoxy) is 2. The number of alkyl halides is 4. The second-order valence-electron chi connectivity index (χ2n) is 4.79. The predicted molar refractivity (Wildman–Crippen MR) is 86.6 cm³/mol. The summed E-state index contributed by atoms with van der Waals surface area (Å²) in [6.07, 6.45) is -2.63. The first-order valence-electron chi connectivity index (χ1n) is 6.80. The van der Waals surface area contributed by atoms with E-state index in [1.54, 1.807) is 29.6 Å². The quantitative estimate of drug-likeness (QED) is 0.674. The van der Waals surface area contributed by atoms with Crippen molar-refractivity contribution in [2.75, 3.05) is 18.6 Å². The third-order valence-corrected chi connectivity index (χ3v) is 5.46. The molecule has 1 aliphatic rings. The normalized spacial score (nSPS) is 22.7. The number of rotatable bonds is 6. The third kappa shape index (κ3) is 5.61. The van der Waals surface area contributed by atoms with Gasteiger partial charge in [-0.1, -0.05) is 18.2 Å². The second kappa shape index (κ2) is 8.30. The van der Waals surface area contributed by atoms with E-state index in [1.807, 2.05) is 12.3 Å². The highest BCUT2D eigenvalue weighted by molar-refractivity contribution is 8.03. The van der Waals surface area contributed by atoms with E-state index in [0.29, 0.717) is 11.9 Å². The second-order valence-corrected chi connectivity index (χ2v) is 7.05. The van der Waals surface area contributed by atoms with Crippen molar-refractivity contribution in [3.05, 3.63) is 35.9 Å². The van der Waals surface area contributed by atoms with E-state index >= 15 is 0 Å². The lowest BCUT2D eigenvalue weighted by atomic mass is 10.2. The van der Waals surface area contributed by atoms with Gasteiger partial charge < -0.3 is 9.47 Å². The molecule has 8 heteroatoms. The van der Waals surface area contributed by atoms with Crippen LogP contribution in [-0.4, -0.2) is 41.8 Å². The zero-order chi connectivity index (χ0) is 16.9. The van der Waals surface area contributed by atoms with Crippen LogP contribution in [0.25, 0.3) is 6.08 Å². The minimum absolute atomic E-state index is 0.0440. The molecule has 128 valence electrons. The molecule has 2 unspecified atom stereocenters. The van der Waals surface area contributed by atoms with Gasteiger partial charge in [0.2, 0.25) is 0 Å². The molecule has 2 atom stereocenters. The minimum Gasteiger partial charge on any atom is -0.428 e. The van der Waals surface area contributed by atoms with Gasteiger partial charge in [0, 0.05) is 11.0 Å². The van der Waals surface area contributed by atoms with Crippen LogP contribution < -0.4 is 4.74 Å². The average molecular weight is 368 g/mol. The maximum Gasteiger partial charge on any atom is 0.461 e. The van der Waals surface area contributed by atoms with E-state index in [-0.39, 0.29) is 11.2 Å². The smallest absolute Gasteiger partial charge is 0.428 e. The summed E-state index contributed by atoms with van der Waals surface area (Å²) in [5.41, 5.74) is 0.700. The van der Waals surface area contributed by atoms with Crippen LogP contribution in [0.3, 0.4) is 0 Å². The lowest BCUT2D eigenvalue weighted by molar-refractivity contribution is -0.253. The van der Waals surface area contributed by atoms with Crippen LogP contribution in [0.2, 0.25) is 0 Å². The molecule has 0 radical (unpaired) electrons. The average Bonchev–Trinajstić information content (AvgIpc) is 2.54. The van der Waals surface area contributed by atoms with Gasteiger partial charge in [0.1, 0.15) is 11.2 Å². The molecule has 0 spiro atoms. The Bertz CT molecular complexity index is 515. The highest BCUT2D eigenvalue weighted by Gasteiger charge is 2.43. The zero-order valence-corrected chi connectivity index (χ0v) is 13.9. The molecule has 0 saturated carbocycles. The maximum atomic E-state index is 12.8. The fourth-order valence-corrected chi connectivity index (χ4v) is 3.65. The Hall–Kier alpha value is -0.860. The lowest BCUT2D eigenvalue weighted by Gasteiger charge is -2.25. The van der Waals surface area contributed by atoms with Crippen LogP contribution in [0.1, 0.15) is 5.56 Å². The number of benzene rings is 1. The monoisotopic (exact) mass is 368 g/mol. The van der Waals surface area contributed by atoms with E-state index in [9.17, 15) is 17.6 Å². The molecule has 0 N–H and O–H groups in total. The largest absolute Gasteiger partial charge is 0.461 e. The Morgan fingerprint density at radius 2 is 2.04 bits per heavy atom. The molecule has 1 fully saturated rings. The van der Waals surface area contributed by atoms with Crippen molar-refractivity contribution in [2.24, 2.45) is 0 Å². The summed E-state index contributed by atoms with van der Waals surface area (Å²) in [5.74, 6) is 0.699. The number of hydrogen-bond donors (Lipinski definition) is 0. The summed E-state index contributed by atoms with van der Waals surface area (Å²) in [7, 11) is 0. The van der Waals surface area contributed by atoms with Crippen LogP contribution >= 0.6 is 23.5 Å². The first kappa shape index (κ1) is 18.5. The van der Waals surface area contributed by atoms with Crippen LogP contribution in [0.5, 0.6) is 5.75 Å². The predicted octanol–water partition coefficient (Wildman–Crippen LogP) is 4.76. The molecule has 1 aliphatic heterocycles. The van der Waals surface area contributed by atoms with Crippen LogP contribution in [0.4, 0.5) is 17.6 Å². The van der Waals surface area contributed by atoms with Crippen molar-refractivity contribution in [1.29, 1.82) is 0 Å². The molecule has 0 aliphatic carbocycles. The zero-order valence-electron chi connectivity index (χ0n) is 12.3. The molecule has 0 aromatic heterocycles. The molecule has 2 rings (SSSR count). The van der Waals surface area contributed by atoms with Crippen molar-refractivity contribution in [3.63, 3.8) is 0 Å². The highest BCUT2D eigenvalue weighted by Crippen LogP contribution is 2.29. The van der Waals surface area contributed by atoms with E-state index in [4.69, 9.17) is 4.74 Å². The summed E-state index contributed by atoms with van der Waals surface area (Å²) in [6.45, 7) is 0.693. The van der Waals surface area contributed by atoms with Gasteiger partial charge in [-0.3, -0.25) is 0 Å². The van der Waals surface area contributed by atoms with Crippen LogP contribution in [0.15, 0.2) is 30.3 Å². The Morgan fingerprint density at radius 3 is 2.57 bits per heavy atom. The topological polar surface area (TPSA) is 18.5 Å². The molecule has 23 heavy (non-hydrogen) atoms. The van der Waals surface area contributed by atoms with Gasteiger partial charge in [-0.15, -0.1) is 11.8 Å². The molecular formula is C15H16F4O2S2. The first-order valence-corrected chi connectivity index (χ1v) is 9.13. The number of halogens is 4. The van der Waals surface area contributed by atoms with Crippen molar-refractivity contribution >= 4 is 29.6 Å². The fourth-order valence-electron chi connectivity index (χ4n) is 1.79. The SMILES string of the molecule is CSC1COC(/C=C/c2ccc(OC(F)(F)C(F)F)cc2)SC1. The number of thioether (sulfide) groups is 2. The maximum absolute atomic E-state index is 12.8. The Kier molecular flexibility index (Phi) is 6.67. The first-order chi connectivity index (χ1) is 10.9. The van der Waals surface area contributed by atoms with Gasteiger partial charge in [-0.2, -0.15) is 29.3 Å². The summed E-state index contributed by atoms with van der Waals surface area (Å²) < 4.78 is 59.3. The number of hydrogen-bond acceptors (Lipinski definition) is 4. The molecule has 1 aromatic carbocycles. The van der Waals surface area contributed by atoms with Gasteiger partial charge in [0.05, 0.1) is 6.61 Å². The van der Waals surface area contributed by atoms with Crippen molar-refractivity contribution in [2.45, 2.75) is 23.2 Å². The van der Waals surface area contributed by atoms with Crippen molar-refractivity contribution in [1.82, 2.24) is 0 Å². The lowest BCUT2D eigenvalue weighted by Crippen LogP contribution is -2.33. The van der Waals surface area contributed by atoms with Gasteiger partial charge in [0.25, 0.3) is 0 Å². The summed E-state index contributed by atoms with van der Waals surface area (Å²) in [4.78, 5) is 0. The standard InChI is InChI=1S/C15H16F4O2S2/c1-22-12-8-20-13(23-9-12)7-4-10-2-5-11(6-3-10)21-15(18,19)14(16)17/h2-7,12-14H,8-9H2,1H3/b7-4+. The van der Waals surface area contributed by atoms with Gasteiger partial charge >= 0.3 is 12.5 Å². The third-order valence-electron chi connectivity index (χ3n) is 3.06. The van der Waals surface area contributed by atoms with Crippen molar-refractivity contribution < 1.29 is 27.0 Å². The fraction of sp³-hybridized carbons (Fsp3) is 0.467. The Morgan fingerprint density at radius 1 is 1.35 bits per heavy atom. The van der Waals surface area contributed by atoms with E-state index in [2.05, 4.69) is 4.74 Å². The molecule has 2 nitrogen and oxygen atoms in total. The van der Waals surface area contributed by atoms with Crippen LogP contribution in [-0.2, 0) is 4.74 Å². The highest BCUT2D eigenvalue weighted by atomic mass is 32.2. The van der Waals surface area contributed by atoms with Crippen molar-refractivity contribution in [3.8, 4) is 5.75 Å². The summed E-state index contributed by atoms with van der Waals surface area (Å²) in [6, 6.07) is 5.50. The van der Waals surface area contributed by atoms with E-state index < -0.39 is 12.5 Å². The molecular weight excluding hydrogens is 352 g/mol. The minimum atomic E-state index is -4.49. The van der Waals surface area contributed by atoms with Gasteiger partial charge in [-0.25, -0.2) is 0 Å².